The summed E-state index contributed by atoms with van der Waals surface area (Å²) in [7, 11) is 0. The molecule has 2 aromatic heterocycles. The van der Waals surface area contributed by atoms with E-state index in [1.807, 2.05) is 22.7 Å². The lowest BCUT2D eigenvalue weighted by Gasteiger charge is -2.29. The van der Waals surface area contributed by atoms with Crippen molar-refractivity contribution in [2.24, 2.45) is 0 Å². The summed E-state index contributed by atoms with van der Waals surface area (Å²) in [5, 5.41) is 10.8. The van der Waals surface area contributed by atoms with Crippen molar-refractivity contribution < 1.29 is 9.47 Å². The van der Waals surface area contributed by atoms with Crippen LogP contribution in [0.5, 0.6) is 0 Å². The second kappa shape index (κ2) is 9.05. The predicted molar refractivity (Wildman–Crippen MR) is 173 cm³/mol. The number of nitrogens with zero attached hydrogens (tertiary/aromatic N) is 2. The fourth-order valence-corrected chi connectivity index (χ4v) is 8.92. The summed E-state index contributed by atoms with van der Waals surface area (Å²) in [6.45, 7) is 7.08. The normalized spacial score (nSPS) is 16.9. The third-order valence-corrected chi connectivity index (χ3v) is 10.9. The molecule has 0 radical (unpaired) electrons. The zero-order valence-corrected chi connectivity index (χ0v) is 23.7. The average molecular weight is 561 g/mol. The summed E-state index contributed by atoms with van der Waals surface area (Å²) in [6.07, 6.45) is 0. The van der Waals surface area contributed by atoms with Crippen LogP contribution in [0.3, 0.4) is 0 Å². The highest BCUT2D eigenvalue weighted by Crippen LogP contribution is 2.46. The summed E-state index contributed by atoms with van der Waals surface area (Å²) in [5.41, 5.74) is 2.59. The first kappa shape index (κ1) is 23.3. The van der Waals surface area contributed by atoms with Crippen LogP contribution in [0.4, 0.5) is 11.4 Å². The monoisotopic (exact) mass is 560 g/mol. The van der Waals surface area contributed by atoms with Crippen LogP contribution in [0.15, 0.2) is 72.8 Å². The van der Waals surface area contributed by atoms with E-state index in [4.69, 9.17) is 9.47 Å². The zero-order chi connectivity index (χ0) is 26.2. The molecule has 0 amide bonds. The highest BCUT2D eigenvalue weighted by Gasteiger charge is 2.17. The van der Waals surface area contributed by atoms with E-state index in [1.165, 1.54) is 73.3 Å². The quantitative estimate of drug-likeness (QED) is 0.212. The van der Waals surface area contributed by atoms with Crippen LogP contribution in [-0.2, 0) is 9.47 Å². The van der Waals surface area contributed by atoms with Gasteiger partial charge in [0.1, 0.15) is 0 Å². The fraction of sp³-hybridized carbons (Fsp3) is 0.235. The van der Waals surface area contributed by atoms with Crippen molar-refractivity contribution in [3.63, 3.8) is 0 Å². The number of rotatable bonds is 2. The summed E-state index contributed by atoms with van der Waals surface area (Å²) >= 11 is 3.84. The molecule has 0 aliphatic carbocycles. The molecule has 0 bridgehead atoms. The average Bonchev–Trinajstić information content (AvgIpc) is 3.55. The first-order valence-corrected chi connectivity index (χ1v) is 15.8. The number of fused-ring (bicyclic) bond motifs is 9. The van der Waals surface area contributed by atoms with E-state index in [2.05, 4.69) is 82.6 Å². The Balaban J connectivity index is 1.22. The molecule has 0 saturated carbocycles. The summed E-state index contributed by atoms with van der Waals surface area (Å²) in [4.78, 5) is 4.88. The van der Waals surface area contributed by atoms with E-state index in [0.29, 0.717) is 0 Å². The standard InChI is InChI=1S/C34H28N2O2S2/c1-3-25(35-7-11-37-12-8-35)15-23-19-31-27(17-21(1)23)33-29(39-31)5-6-30-34(33)28-18-22-2-4-26(36-9-13-38-14-10-36)16-24(22)20-32(28)40-30/h1-6,15-20H,7-14H2. The highest BCUT2D eigenvalue weighted by atomic mass is 32.1. The van der Waals surface area contributed by atoms with Gasteiger partial charge in [0.05, 0.1) is 26.4 Å². The van der Waals surface area contributed by atoms with Crippen molar-refractivity contribution in [2.45, 2.75) is 0 Å². The summed E-state index contributed by atoms with van der Waals surface area (Å²) < 4.78 is 16.6. The lowest BCUT2D eigenvalue weighted by Crippen LogP contribution is -2.36. The molecule has 4 heterocycles. The van der Waals surface area contributed by atoms with Gasteiger partial charge in [-0.05, 0) is 82.2 Å². The van der Waals surface area contributed by atoms with E-state index in [-0.39, 0.29) is 0 Å². The Morgan fingerprint density at radius 1 is 0.450 bits per heavy atom. The summed E-state index contributed by atoms with van der Waals surface area (Å²) in [5.74, 6) is 0. The van der Waals surface area contributed by atoms with Gasteiger partial charge < -0.3 is 19.3 Å². The first-order valence-electron chi connectivity index (χ1n) is 14.1. The Hall–Kier alpha value is -3.42. The van der Waals surface area contributed by atoms with Gasteiger partial charge >= 0.3 is 0 Å². The Labute approximate surface area is 239 Å². The number of hydrogen-bond acceptors (Lipinski definition) is 6. The molecule has 2 aliphatic heterocycles. The molecule has 5 aromatic carbocycles. The van der Waals surface area contributed by atoms with Gasteiger partial charge in [-0.3, -0.25) is 0 Å². The minimum atomic E-state index is 0.808. The molecule has 0 unspecified atom stereocenters. The molecular weight excluding hydrogens is 533 g/mol. The topological polar surface area (TPSA) is 24.9 Å². The van der Waals surface area contributed by atoms with Gasteiger partial charge in [0.15, 0.2) is 0 Å². The van der Waals surface area contributed by atoms with Crippen molar-refractivity contribution in [1.29, 1.82) is 0 Å². The molecule has 2 saturated heterocycles. The van der Waals surface area contributed by atoms with Crippen LogP contribution in [0, 0.1) is 0 Å². The van der Waals surface area contributed by atoms with Gasteiger partial charge in [-0.25, -0.2) is 0 Å². The van der Waals surface area contributed by atoms with E-state index < -0.39 is 0 Å². The Kier molecular flexibility index (Phi) is 5.27. The molecule has 6 heteroatoms. The maximum absolute atomic E-state index is 5.57. The number of morpholine rings is 2. The Morgan fingerprint density at radius 3 is 1.35 bits per heavy atom. The van der Waals surface area contributed by atoms with E-state index in [0.717, 1.165) is 52.6 Å². The maximum Gasteiger partial charge on any atom is 0.0642 e. The smallest absolute Gasteiger partial charge is 0.0642 e. The molecule has 40 heavy (non-hydrogen) atoms. The molecule has 0 N–H and O–H groups in total. The van der Waals surface area contributed by atoms with Crippen molar-refractivity contribution in [2.75, 3.05) is 62.4 Å². The minimum Gasteiger partial charge on any atom is -0.378 e. The number of anilines is 2. The first-order chi connectivity index (χ1) is 19.8. The van der Waals surface area contributed by atoms with Gasteiger partial charge in [-0.2, -0.15) is 0 Å². The molecule has 4 nitrogen and oxygen atoms in total. The molecule has 2 aliphatic rings. The second-order valence-corrected chi connectivity index (χ2v) is 13.1. The lowest BCUT2D eigenvalue weighted by molar-refractivity contribution is 0.122. The molecule has 7 aromatic rings. The van der Waals surface area contributed by atoms with Crippen LogP contribution in [0.1, 0.15) is 0 Å². The fourth-order valence-electron chi connectivity index (χ4n) is 6.63. The number of ether oxygens (including phenoxy) is 2. The zero-order valence-electron chi connectivity index (χ0n) is 22.1. The number of thiophene rings is 2. The Bertz CT molecular complexity index is 1950. The molecule has 0 spiro atoms. The Morgan fingerprint density at radius 2 is 0.900 bits per heavy atom. The van der Waals surface area contributed by atoms with Gasteiger partial charge in [-0.15, -0.1) is 22.7 Å². The predicted octanol–water partition coefficient (Wildman–Crippen LogP) is 8.40. The molecule has 198 valence electrons. The van der Waals surface area contributed by atoms with Crippen LogP contribution >= 0.6 is 22.7 Å². The van der Waals surface area contributed by atoms with E-state index in [1.54, 1.807) is 0 Å². The maximum atomic E-state index is 5.57. The minimum absolute atomic E-state index is 0.808. The third kappa shape index (κ3) is 3.63. The molecule has 9 rings (SSSR count). The van der Waals surface area contributed by atoms with Crippen molar-refractivity contribution >= 4 is 95.9 Å². The number of hydrogen-bond donors (Lipinski definition) is 0. The van der Waals surface area contributed by atoms with E-state index >= 15 is 0 Å². The van der Waals surface area contributed by atoms with Crippen molar-refractivity contribution in [1.82, 2.24) is 0 Å². The van der Waals surface area contributed by atoms with Crippen LogP contribution < -0.4 is 9.80 Å². The SMILES string of the molecule is c1cc2cc3c(cc2cc1N1CCOCC1)sc1ccc2sc4cc5cc(N6CCOCC6)ccc5cc4c2c13. The van der Waals surface area contributed by atoms with Crippen LogP contribution in [-0.4, -0.2) is 52.6 Å². The van der Waals surface area contributed by atoms with Gasteiger partial charge in [0.2, 0.25) is 0 Å². The molecule has 0 atom stereocenters. The highest BCUT2D eigenvalue weighted by molar-refractivity contribution is 7.28. The van der Waals surface area contributed by atoms with Crippen LogP contribution in [0.2, 0.25) is 0 Å². The van der Waals surface area contributed by atoms with Gasteiger partial charge in [0.25, 0.3) is 0 Å². The van der Waals surface area contributed by atoms with Crippen molar-refractivity contribution in [3.8, 4) is 0 Å². The molecular formula is C34H28N2O2S2. The van der Waals surface area contributed by atoms with Crippen LogP contribution in [0.25, 0.3) is 61.9 Å². The van der Waals surface area contributed by atoms with E-state index in [9.17, 15) is 0 Å². The largest absolute Gasteiger partial charge is 0.378 e. The molecule has 2 fully saturated rings. The second-order valence-electron chi connectivity index (χ2n) is 11.0. The number of benzene rings is 5. The summed E-state index contributed by atoms with van der Waals surface area (Å²) in [6, 6.07) is 28.2. The lowest BCUT2D eigenvalue weighted by atomic mass is 10.0. The van der Waals surface area contributed by atoms with Gasteiger partial charge in [-0.1, -0.05) is 12.1 Å². The third-order valence-electron chi connectivity index (χ3n) is 8.70. The van der Waals surface area contributed by atoms with Gasteiger partial charge in [0, 0.05) is 77.9 Å². The van der Waals surface area contributed by atoms with Crippen molar-refractivity contribution in [3.05, 3.63) is 72.8 Å².